The molecule has 0 radical (unpaired) electrons. The van der Waals surface area contributed by atoms with E-state index in [1.54, 1.807) is 76.1 Å². The first-order valence-electron chi connectivity index (χ1n) is 22.1. The summed E-state index contributed by atoms with van der Waals surface area (Å²) in [6, 6.07) is 4.27. The molecule has 8 rings (SSSR count). The Labute approximate surface area is 381 Å². The number of halogens is 1. The van der Waals surface area contributed by atoms with Gasteiger partial charge in [0, 0.05) is 65.0 Å². The molecular weight excluding hydrogens is 852 g/mol. The van der Waals surface area contributed by atoms with Crippen molar-refractivity contribution in [2.24, 2.45) is 14.1 Å². The summed E-state index contributed by atoms with van der Waals surface area (Å²) in [5, 5.41) is 16.5. The number of carbonyl (C=O) groups is 3. The average molecular weight is 909 g/mol. The number of benzene rings is 1. The Morgan fingerprint density at radius 1 is 1.02 bits per heavy atom. The van der Waals surface area contributed by atoms with E-state index in [9.17, 15) is 14.4 Å². The van der Waals surface area contributed by atoms with E-state index in [-0.39, 0.29) is 42.9 Å². The van der Waals surface area contributed by atoms with Gasteiger partial charge in [-0.2, -0.15) is 15.0 Å². The third kappa shape index (κ3) is 9.49. The molecule has 1 aromatic carbocycles. The number of fused-ring (bicyclic) bond motifs is 2. The summed E-state index contributed by atoms with van der Waals surface area (Å²) in [6.07, 6.45) is 11.7. The van der Waals surface area contributed by atoms with Gasteiger partial charge in [-0.05, 0) is 44.5 Å². The third-order valence-electron chi connectivity index (χ3n) is 12.2. The number of hydrogen-bond donors (Lipinski definition) is 4. The molecule has 0 unspecified atom stereocenters. The van der Waals surface area contributed by atoms with Crippen LogP contribution >= 0.6 is 0 Å². The van der Waals surface area contributed by atoms with Crippen LogP contribution in [0.2, 0.25) is 0 Å². The number of aryl methyl sites for hydroxylation is 2. The predicted octanol–water partition coefficient (Wildman–Crippen LogP) is 3.46. The second-order valence-corrected chi connectivity index (χ2v) is 16.8. The molecule has 4 aromatic heterocycles. The van der Waals surface area contributed by atoms with Crippen LogP contribution in [0.5, 0.6) is 11.6 Å². The lowest BCUT2D eigenvalue weighted by atomic mass is 10.0. The van der Waals surface area contributed by atoms with Crippen LogP contribution in [0.25, 0.3) is 11.2 Å². The molecule has 0 spiro atoms. The van der Waals surface area contributed by atoms with E-state index < -0.39 is 18.1 Å². The number of hydrogen-bond acceptors (Lipinski definition) is 16. The molecule has 21 nitrogen and oxygen atoms in total. The van der Waals surface area contributed by atoms with Crippen LogP contribution in [0.15, 0.2) is 49.1 Å². The van der Waals surface area contributed by atoms with Crippen molar-refractivity contribution in [1.29, 1.82) is 0 Å². The Morgan fingerprint density at radius 3 is 2.58 bits per heavy atom. The molecule has 350 valence electrons. The molecule has 0 bridgehead atoms. The van der Waals surface area contributed by atoms with Gasteiger partial charge in [-0.1, -0.05) is 25.8 Å². The molecule has 1 saturated heterocycles. The molecule has 5 aromatic rings. The lowest BCUT2D eigenvalue weighted by Crippen LogP contribution is -2.55. The lowest BCUT2D eigenvalue weighted by molar-refractivity contribution is -0.120. The van der Waals surface area contributed by atoms with Crippen molar-refractivity contribution in [3.8, 4) is 11.6 Å². The van der Waals surface area contributed by atoms with E-state index >= 15 is 4.39 Å². The number of carbonyl (C=O) groups excluding carboxylic acids is 3. The van der Waals surface area contributed by atoms with Gasteiger partial charge < -0.3 is 54.9 Å². The first kappa shape index (κ1) is 45.5. The predicted molar refractivity (Wildman–Crippen MR) is 248 cm³/mol. The molecule has 1 aliphatic carbocycles. The van der Waals surface area contributed by atoms with Gasteiger partial charge in [0.1, 0.15) is 29.3 Å². The number of imidazole rings is 1. The van der Waals surface area contributed by atoms with E-state index in [0.717, 1.165) is 31.5 Å². The number of amides is 3. The fraction of sp³-hybridized carbons (Fsp3) is 0.477. The molecule has 1 saturated carbocycles. The number of anilines is 7. The fourth-order valence-corrected chi connectivity index (χ4v) is 8.74. The molecule has 66 heavy (non-hydrogen) atoms. The first-order chi connectivity index (χ1) is 31.8. The molecule has 2 fully saturated rings. The van der Waals surface area contributed by atoms with Crippen molar-refractivity contribution < 1.29 is 28.2 Å². The number of ether oxygens (including phenoxy) is 2. The highest BCUT2D eigenvalue weighted by atomic mass is 19.1. The van der Waals surface area contributed by atoms with Gasteiger partial charge in [-0.25, -0.2) is 14.4 Å². The normalized spacial score (nSPS) is 18.7. The van der Waals surface area contributed by atoms with E-state index in [2.05, 4.69) is 51.2 Å². The van der Waals surface area contributed by atoms with Crippen LogP contribution < -0.4 is 45.4 Å². The first-order valence-corrected chi connectivity index (χ1v) is 22.1. The Bertz CT molecular complexity index is 2610. The zero-order chi connectivity index (χ0) is 46.6. The van der Waals surface area contributed by atoms with Gasteiger partial charge >= 0.3 is 0 Å². The van der Waals surface area contributed by atoms with Crippen molar-refractivity contribution in [2.45, 2.75) is 63.3 Å². The monoisotopic (exact) mass is 908 g/mol. The summed E-state index contributed by atoms with van der Waals surface area (Å²) in [5.41, 5.74) is 3.31. The highest BCUT2D eigenvalue weighted by molar-refractivity contribution is 6.04. The van der Waals surface area contributed by atoms with Crippen molar-refractivity contribution in [2.75, 3.05) is 86.4 Å². The Hall–Kier alpha value is -7.10. The molecule has 3 amide bonds. The lowest BCUT2D eigenvalue weighted by Gasteiger charge is -2.43. The van der Waals surface area contributed by atoms with Crippen molar-refractivity contribution in [1.82, 2.24) is 54.8 Å². The smallest absolute Gasteiger partial charge is 0.256 e. The Kier molecular flexibility index (Phi) is 13.5. The fourth-order valence-electron chi connectivity index (χ4n) is 8.74. The maximum absolute atomic E-state index is 15.4. The van der Waals surface area contributed by atoms with Gasteiger partial charge in [0.15, 0.2) is 22.8 Å². The second kappa shape index (κ2) is 19.6. The summed E-state index contributed by atoms with van der Waals surface area (Å²) < 4.78 is 29.8. The molecular formula is C44H57FN16O5. The zero-order valence-electron chi connectivity index (χ0n) is 38.3. The third-order valence-corrected chi connectivity index (χ3v) is 12.2. The summed E-state index contributed by atoms with van der Waals surface area (Å²) in [6.45, 7) is 3.43. The minimum Gasteiger partial charge on any atom is -0.495 e. The van der Waals surface area contributed by atoms with Crippen LogP contribution in [0.1, 0.15) is 49.4 Å². The number of likely N-dealkylation sites (N-methyl/N-ethyl adjacent to an activating group) is 2. The van der Waals surface area contributed by atoms with E-state index in [1.807, 2.05) is 25.9 Å². The van der Waals surface area contributed by atoms with Crippen LogP contribution in [-0.2, 0) is 23.7 Å². The summed E-state index contributed by atoms with van der Waals surface area (Å²) >= 11 is 0. The van der Waals surface area contributed by atoms with Crippen LogP contribution in [0.3, 0.4) is 0 Å². The van der Waals surface area contributed by atoms with Gasteiger partial charge in [0.2, 0.25) is 23.7 Å². The number of aromatic nitrogens is 8. The molecule has 22 heteroatoms. The number of nitrogens with zero attached hydrogens (tertiary/aromatic N) is 12. The van der Waals surface area contributed by atoms with E-state index in [4.69, 9.17) is 14.5 Å². The van der Waals surface area contributed by atoms with Crippen LogP contribution in [0.4, 0.5) is 45.0 Å². The van der Waals surface area contributed by atoms with E-state index in [0.29, 0.717) is 83.2 Å². The topological polar surface area (TPSA) is 218 Å². The van der Waals surface area contributed by atoms with Crippen molar-refractivity contribution in [3.63, 3.8) is 0 Å². The maximum atomic E-state index is 15.4. The van der Waals surface area contributed by atoms with Gasteiger partial charge in [-0.3, -0.25) is 19.1 Å². The molecule has 6 heterocycles. The minimum absolute atomic E-state index is 0.0121. The Balaban J connectivity index is 0.813. The molecule has 4 N–H and O–H groups in total. The summed E-state index contributed by atoms with van der Waals surface area (Å²) in [5.74, 6) is 1.93. The average Bonchev–Trinajstić information content (AvgIpc) is 4.13. The highest BCUT2D eigenvalue weighted by Crippen LogP contribution is 2.40. The molecule has 3 aliphatic rings. The summed E-state index contributed by atoms with van der Waals surface area (Å²) in [7, 11) is 10.3. The number of methoxy groups -OCH3 is 2. The van der Waals surface area contributed by atoms with Gasteiger partial charge in [-0.15, -0.1) is 5.10 Å². The standard InChI is InChI=1S/C44H57FN16O5/c1-8-32-42(64)59(5)33-21-47-43(53-38(33)61(32)27-12-9-10-13-27)51-29-16-15-26(20-34(29)65-6)40(63)46-17-19-56(2)18-11-14-35(62)49-30-24-60(22-28(30)45)44-52-37(36-39(54-44)57(3)25-48-36)50-31-23-58(4)55-41(31)66-7/h11,14-16,20-21,23,25,27-28,30,32H,8-10,12-13,17-19,22,24H2,1-7H3,(H,46,63)(H,49,62)(H,47,51,53)(H,50,52,54)/b14-11+/t28-,30-,32-/m1/s1. The van der Waals surface area contributed by atoms with Crippen molar-refractivity contribution in [3.05, 3.63) is 54.6 Å². The number of nitrogens with one attached hydrogen (secondary N) is 4. The van der Waals surface area contributed by atoms with E-state index in [1.165, 1.54) is 20.3 Å². The number of rotatable bonds is 17. The van der Waals surface area contributed by atoms with Crippen LogP contribution in [-0.4, -0.2) is 147 Å². The molecule has 2 aliphatic heterocycles. The zero-order valence-corrected chi connectivity index (χ0v) is 38.3. The SMILES string of the molecule is CC[C@@H]1C(=O)N(C)c2cnc(Nc3ccc(C(=O)NCCN(C)C/C=C/C(=O)N[C@@H]4CN(c5nc(Nc6cn(C)nc6OC)c6ncn(C)c6n5)C[C@H]4F)cc3OC)nc2N1C1CCCC1. The minimum atomic E-state index is -1.36. The largest absolute Gasteiger partial charge is 0.495 e. The summed E-state index contributed by atoms with van der Waals surface area (Å²) in [4.78, 5) is 70.1. The van der Waals surface area contributed by atoms with Gasteiger partial charge in [0.25, 0.3) is 11.8 Å². The maximum Gasteiger partial charge on any atom is 0.256 e. The number of alkyl halides is 1. The van der Waals surface area contributed by atoms with Gasteiger partial charge in [0.05, 0.1) is 51.2 Å². The molecule has 3 atom stereocenters. The highest BCUT2D eigenvalue weighted by Gasteiger charge is 2.41. The Morgan fingerprint density at radius 2 is 1.82 bits per heavy atom. The second-order valence-electron chi connectivity index (χ2n) is 16.8. The quantitative estimate of drug-likeness (QED) is 0.0983. The van der Waals surface area contributed by atoms with Crippen molar-refractivity contribution >= 4 is 69.5 Å². The van der Waals surface area contributed by atoms with Crippen LogP contribution in [0, 0.1) is 0 Å².